The Balaban J connectivity index is 1.82. The Labute approximate surface area is 601 Å². The second kappa shape index (κ2) is 44.1. The summed E-state index contributed by atoms with van der Waals surface area (Å²) in [4.78, 5) is 183. The number of benzene rings is 2. The number of carbonyl (C=O) groups is 12. The van der Waals surface area contributed by atoms with Gasteiger partial charge in [-0.25, -0.2) is 4.79 Å². The van der Waals surface area contributed by atoms with E-state index in [1.54, 1.807) is 0 Å². The highest BCUT2D eigenvalue weighted by Gasteiger charge is 2.44. The Hall–Kier alpha value is -10.4. The van der Waals surface area contributed by atoms with Crippen LogP contribution in [0.4, 0.5) is 0 Å². The van der Waals surface area contributed by atoms with Crippen molar-refractivity contribution in [2.24, 2.45) is 71.6 Å². The number of ether oxygens (including phenoxy) is 1. The van der Waals surface area contributed by atoms with E-state index in [2.05, 4.69) is 73.1 Å². The first kappa shape index (κ1) is 85.0. The molecule has 0 aromatic heterocycles. The second-order valence-corrected chi connectivity index (χ2v) is 26.9. The van der Waals surface area contributed by atoms with Gasteiger partial charge in [0.15, 0.2) is 23.8 Å². The van der Waals surface area contributed by atoms with Crippen LogP contribution < -0.4 is 110 Å². The summed E-state index contributed by atoms with van der Waals surface area (Å²) >= 11 is 0. The maximum atomic E-state index is 14.9. The molecule has 0 radical (unpaired) electrons. The molecule has 1 spiro atoms. The number of aromatic hydroxyl groups is 1. The smallest absolute Gasteiger partial charge is 0.326 e. The molecule has 1 heterocycles. The molecule has 2 aliphatic rings. The fraction of sp³-hybridized carbons (Fsp3) is 0.548. The number of methoxy groups -OCH3 is 1. The summed E-state index contributed by atoms with van der Waals surface area (Å²) in [5.41, 5.74) is 53.1. The number of amides is 10. The van der Waals surface area contributed by atoms with E-state index >= 15 is 0 Å². The molecule has 9 atom stereocenters. The highest BCUT2D eigenvalue weighted by Crippen LogP contribution is 2.48. The summed E-state index contributed by atoms with van der Waals surface area (Å²) in [6.45, 7) is -1.84. The zero-order valence-electron chi connectivity index (χ0n) is 57.0. The molecular weight excluding hydrogens is 1390 g/mol. The third kappa shape index (κ3) is 31.6. The van der Waals surface area contributed by atoms with Gasteiger partial charge in [0.05, 0.1) is 37.4 Å². The average Bonchev–Trinajstić information content (AvgIpc) is 0.810. The summed E-state index contributed by atoms with van der Waals surface area (Å²) in [6, 6.07) is -2.17. The Kier molecular flexibility index (Phi) is 36.4. The molecule has 1 fully saturated rings. The molecule has 4 rings (SSSR count). The van der Waals surface area contributed by atoms with Gasteiger partial charge in [0.1, 0.15) is 59.8 Å². The molecule has 41 heteroatoms. The number of phenolic OH excluding ortho intramolecular Hbond substituents is 1. The van der Waals surface area contributed by atoms with E-state index in [0.717, 1.165) is 28.0 Å². The molecule has 0 unspecified atom stereocenters. The summed E-state index contributed by atoms with van der Waals surface area (Å²) in [7, 11) is 3.58. The molecular formula is C62H97N23O16S2. The van der Waals surface area contributed by atoms with Gasteiger partial charge in [-0.05, 0) is 99.6 Å². The van der Waals surface area contributed by atoms with Crippen molar-refractivity contribution in [2.45, 2.75) is 162 Å². The minimum Gasteiger partial charge on any atom is -0.508 e. The first-order chi connectivity index (χ1) is 48.9. The van der Waals surface area contributed by atoms with E-state index in [-0.39, 0.29) is 126 Å². The van der Waals surface area contributed by atoms with E-state index in [0.29, 0.717) is 42.6 Å². The fourth-order valence-electron chi connectivity index (χ4n) is 10.5. The molecule has 1 aliphatic heterocycles. The molecule has 568 valence electrons. The van der Waals surface area contributed by atoms with Gasteiger partial charge in [-0.1, -0.05) is 65.1 Å². The van der Waals surface area contributed by atoms with Crippen LogP contribution in [0.15, 0.2) is 68.5 Å². The number of guanidine groups is 4. The Morgan fingerprint density at radius 2 is 1.11 bits per heavy atom. The number of aliphatic imine (C=N–C) groups is 4. The summed E-state index contributed by atoms with van der Waals surface area (Å²) in [5.74, 6) is -14.1. The van der Waals surface area contributed by atoms with Crippen molar-refractivity contribution in [1.82, 2.24) is 53.2 Å². The molecule has 39 nitrogen and oxygen atoms in total. The van der Waals surface area contributed by atoms with Crippen LogP contribution >= 0.6 is 21.6 Å². The number of hydrogen-bond acceptors (Lipinski definition) is 23. The van der Waals surface area contributed by atoms with Crippen LogP contribution in [0.1, 0.15) is 101 Å². The van der Waals surface area contributed by atoms with E-state index in [9.17, 15) is 72.9 Å². The summed E-state index contributed by atoms with van der Waals surface area (Å²) in [6.07, 6.45) is 0.725. The number of aliphatic carboxylic acids is 2. The molecule has 1 saturated carbocycles. The first-order valence-electron chi connectivity index (χ1n) is 33.0. The van der Waals surface area contributed by atoms with Gasteiger partial charge in [0.25, 0.3) is 0 Å². The molecule has 1 aliphatic carbocycles. The van der Waals surface area contributed by atoms with Crippen molar-refractivity contribution in [3.8, 4) is 11.5 Å². The molecule has 0 bridgehead atoms. The second-order valence-electron chi connectivity index (χ2n) is 24.2. The van der Waals surface area contributed by atoms with Crippen molar-refractivity contribution in [3.63, 3.8) is 0 Å². The Bertz CT molecular complexity index is 3350. The number of nitrogens with zero attached hydrogens (tertiary/aromatic N) is 4. The van der Waals surface area contributed by atoms with E-state index < -0.39 is 150 Å². The lowest BCUT2D eigenvalue weighted by Gasteiger charge is -2.40. The van der Waals surface area contributed by atoms with Gasteiger partial charge < -0.3 is 120 Å². The third-order valence-electron chi connectivity index (χ3n) is 16.0. The lowest BCUT2D eigenvalue weighted by molar-refractivity contribution is -0.142. The predicted molar refractivity (Wildman–Crippen MR) is 383 cm³/mol. The summed E-state index contributed by atoms with van der Waals surface area (Å²) in [5, 5.41) is 55.1. The number of phenols is 1. The van der Waals surface area contributed by atoms with Crippen molar-refractivity contribution in [3.05, 3.63) is 59.7 Å². The topological polar surface area (TPSA) is 679 Å². The van der Waals surface area contributed by atoms with Crippen LogP contribution in [-0.4, -0.2) is 221 Å². The zero-order valence-corrected chi connectivity index (χ0v) is 58.7. The average molecular weight is 1480 g/mol. The number of carboxylic acid groups (broad SMARTS) is 2. The standard InChI is InChI=1S/C62H97N23O16S2/c1-101-36-19-15-34(16-20-36)28-42-53(95)81-39(11-7-24-73-59(67)68)51(93)84-44(55(97)82-40(57(99)100)12-8-25-74-60(69)70)32-102-103-62(21-3-2-4-22-62)48(64)56(98)85-61(71)75-26-5-9-37(63)49(91)76-30-45(87)78-41(27-33-13-17-35(86)18-14-33)52(94)80-38(10-6-23-72-58(65)66)50(92)77-31-46(88)79-43(29-47(89)90)54(96)83-42/h13-20,37-44,48,86H,2-12,21-32,63-64H2,1H3,(H,76,91)(H,77,92)(H,78,87)(H,79,88)(H,80,94)(H,81,95)(H,82,97)(H,83,96)(H,84,93)(H,89,90)(H,99,100)(H4,65,66,72)(H4,67,68,73)(H4,69,70,74)(H3,71,75,85,98)/t37-,38-,39-,40-,41-,42-,43-,44-,48-/m0/s1. The summed E-state index contributed by atoms with van der Waals surface area (Å²) < 4.78 is 4.26. The number of nitrogens with one attached hydrogen (secondary N) is 10. The Morgan fingerprint density at radius 1 is 0.621 bits per heavy atom. The first-order valence-corrected chi connectivity index (χ1v) is 35.3. The van der Waals surface area contributed by atoms with Gasteiger partial charge in [-0.15, -0.1) is 0 Å². The van der Waals surface area contributed by atoms with Gasteiger partial charge in [0.2, 0.25) is 59.1 Å². The van der Waals surface area contributed by atoms with Gasteiger partial charge >= 0.3 is 11.9 Å². The number of rotatable bonds is 22. The van der Waals surface area contributed by atoms with Crippen LogP contribution in [0.2, 0.25) is 0 Å². The number of carbonyl (C=O) groups excluding carboxylic acids is 10. The number of nitrogens with two attached hydrogens (primary N) is 9. The van der Waals surface area contributed by atoms with Crippen LogP contribution in [0, 0.1) is 0 Å². The molecule has 2 aromatic carbocycles. The van der Waals surface area contributed by atoms with Crippen molar-refractivity contribution < 1.29 is 77.6 Å². The largest absolute Gasteiger partial charge is 0.508 e. The minimum absolute atomic E-state index is 0.00323. The maximum absolute atomic E-state index is 14.9. The highest BCUT2D eigenvalue weighted by atomic mass is 33.1. The predicted octanol–water partition coefficient (Wildman–Crippen LogP) is -6.50. The van der Waals surface area contributed by atoms with Crippen molar-refractivity contribution in [2.75, 3.05) is 52.1 Å². The van der Waals surface area contributed by atoms with Gasteiger partial charge in [0, 0.05) is 44.8 Å². The molecule has 103 heavy (non-hydrogen) atoms. The normalized spacial score (nSPS) is 22.6. The maximum Gasteiger partial charge on any atom is 0.326 e. The van der Waals surface area contributed by atoms with Crippen LogP contribution in [0.3, 0.4) is 0 Å². The van der Waals surface area contributed by atoms with Crippen molar-refractivity contribution >= 4 is 116 Å². The van der Waals surface area contributed by atoms with E-state index in [1.807, 2.05) is 0 Å². The molecule has 31 N–H and O–H groups in total. The molecule has 0 saturated heterocycles. The Morgan fingerprint density at radius 3 is 1.64 bits per heavy atom. The van der Waals surface area contributed by atoms with Gasteiger partial charge in [-0.3, -0.25) is 78.0 Å². The number of hydrogen-bond donors (Lipinski definition) is 22. The van der Waals surface area contributed by atoms with E-state index in [1.165, 1.54) is 55.6 Å². The molecule has 10 amide bonds. The molecule has 2 aromatic rings. The number of carboxylic acids is 2. The highest BCUT2D eigenvalue weighted by molar-refractivity contribution is 8.77. The fourth-order valence-corrected chi connectivity index (χ4v) is 14.0. The van der Waals surface area contributed by atoms with Crippen molar-refractivity contribution in [1.29, 1.82) is 0 Å². The van der Waals surface area contributed by atoms with Crippen LogP contribution in [0.5, 0.6) is 11.5 Å². The van der Waals surface area contributed by atoms with Crippen LogP contribution in [-0.2, 0) is 70.4 Å². The lowest BCUT2D eigenvalue weighted by atomic mass is 9.83. The minimum atomic E-state index is -1.98. The monoisotopic (exact) mass is 1480 g/mol. The zero-order chi connectivity index (χ0) is 76.2. The van der Waals surface area contributed by atoms with E-state index in [4.69, 9.17) is 56.3 Å². The quantitative estimate of drug-likeness (QED) is 0.0226. The van der Waals surface area contributed by atoms with Gasteiger partial charge in [-0.2, -0.15) is 0 Å². The third-order valence-corrected chi connectivity index (χ3v) is 19.4. The lowest BCUT2D eigenvalue weighted by Crippen LogP contribution is -2.60. The SMILES string of the molecule is COc1ccc(C[C@@H]2NC(=O)[C@H](CC(=O)O)NC(=O)CNC(=O)[C@H](CCCN=C(N)N)NC(=O)[C@H](Cc3ccc(O)cc3)NC(=O)CNC(=O)[C@@H](N)CCCN=C(N)NC(=O)[C@H](N)C3(CCCCC3)SSC[C@@H](C(=O)N[C@@H](CCCN=C(N)N)C(=O)O)NC(=O)[C@H](CCCN=C(N)N)NC2=O)cc1. The van der Waals surface area contributed by atoms with Crippen LogP contribution in [0.25, 0.3) is 0 Å².